The molecule has 1 spiro atoms. The van der Waals surface area contributed by atoms with Gasteiger partial charge in [0.25, 0.3) is 0 Å². The molecule has 3 aliphatic rings. The highest BCUT2D eigenvalue weighted by Crippen LogP contribution is 2.62. The van der Waals surface area contributed by atoms with Crippen LogP contribution in [-0.4, -0.2) is 37.7 Å². The smallest absolute Gasteiger partial charge is 0.0690 e. The van der Waals surface area contributed by atoms with Crippen molar-refractivity contribution < 1.29 is 4.74 Å². The summed E-state index contributed by atoms with van der Waals surface area (Å²) in [4.78, 5) is 2.21. The highest BCUT2D eigenvalue weighted by Gasteiger charge is 2.66. The van der Waals surface area contributed by atoms with Gasteiger partial charge in [-0.05, 0) is 44.5 Å². The fourth-order valence-electron chi connectivity index (χ4n) is 4.92. The van der Waals surface area contributed by atoms with E-state index in [0.717, 1.165) is 25.6 Å². The molecule has 2 saturated carbocycles. The Morgan fingerprint density at radius 2 is 1.91 bits per heavy atom. The SMILES string of the molecule is CN(C)Cc1ccc(CN[C@@H]2[C@H]3CCO[C@H]3C23CCC3)cc1. The van der Waals surface area contributed by atoms with E-state index in [2.05, 4.69) is 48.6 Å². The van der Waals surface area contributed by atoms with Crippen molar-refractivity contribution in [2.75, 3.05) is 20.7 Å². The summed E-state index contributed by atoms with van der Waals surface area (Å²) >= 11 is 0. The van der Waals surface area contributed by atoms with Gasteiger partial charge in [-0.25, -0.2) is 0 Å². The van der Waals surface area contributed by atoms with E-state index in [1.807, 2.05) is 0 Å². The van der Waals surface area contributed by atoms with Crippen LogP contribution in [0.2, 0.25) is 0 Å². The molecule has 3 fully saturated rings. The minimum absolute atomic E-state index is 0.492. The topological polar surface area (TPSA) is 24.5 Å². The molecule has 22 heavy (non-hydrogen) atoms. The first-order valence-electron chi connectivity index (χ1n) is 8.77. The van der Waals surface area contributed by atoms with Crippen LogP contribution in [0.25, 0.3) is 0 Å². The van der Waals surface area contributed by atoms with Crippen LogP contribution in [0.15, 0.2) is 24.3 Å². The maximum absolute atomic E-state index is 6.00. The molecule has 0 radical (unpaired) electrons. The van der Waals surface area contributed by atoms with E-state index < -0.39 is 0 Å². The highest BCUT2D eigenvalue weighted by atomic mass is 16.5. The predicted octanol–water partition coefficient (Wildman–Crippen LogP) is 2.80. The van der Waals surface area contributed by atoms with Crippen molar-refractivity contribution in [3.05, 3.63) is 35.4 Å². The maximum atomic E-state index is 6.00. The lowest BCUT2D eigenvalue weighted by atomic mass is 9.46. The standard InChI is InChI=1S/C19H28N2O/c1-21(2)13-15-6-4-14(5-7-15)12-20-17-16-8-11-22-18(16)19(17)9-3-10-19/h4-7,16-18,20H,3,8-13H2,1-2H3/t16-,17-,18-/m1/s1. The number of nitrogens with one attached hydrogen (secondary N) is 1. The van der Waals surface area contributed by atoms with Gasteiger partial charge < -0.3 is 15.0 Å². The van der Waals surface area contributed by atoms with Crippen LogP contribution < -0.4 is 5.32 Å². The second-order valence-electron chi connectivity index (χ2n) is 7.74. The summed E-state index contributed by atoms with van der Waals surface area (Å²) in [6, 6.07) is 9.77. The lowest BCUT2D eigenvalue weighted by Gasteiger charge is -2.63. The minimum atomic E-state index is 0.492. The molecule has 3 nitrogen and oxygen atoms in total. The molecule has 0 amide bonds. The Balaban J connectivity index is 1.36. The molecule has 1 heterocycles. The summed E-state index contributed by atoms with van der Waals surface area (Å²) in [6.07, 6.45) is 5.96. The molecular weight excluding hydrogens is 272 g/mol. The first-order valence-corrected chi connectivity index (χ1v) is 8.77. The highest BCUT2D eigenvalue weighted by molar-refractivity contribution is 5.24. The maximum Gasteiger partial charge on any atom is 0.0690 e. The third-order valence-corrected chi connectivity index (χ3v) is 6.08. The Kier molecular flexibility index (Phi) is 3.75. The third-order valence-electron chi connectivity index (χ3n) is 6.08. The molecule has 0 bridgehead atoms. The molecule has 0 aromatic heterocycles. The molecule has 1 saturated heterocycles. The second-order valence-corrected chi connectivity index (χ2v) is 7.74. The van der Waals surface area contributed by atoms with E-state index in [1.165, 1.54) is 36.8 Å². The second kappa shape index (κ2) is 5.63. The molecule has 1 aromatic rings. The number of hydrogen-bond donors (Lipinski definition) is 1. The predicted molar refractivity (Wildman–Crippen MR) is 88.6 cm³/mol. The summed E-state index contributed by atoms with van der Waals surface area (Å²) in [5.74, 6) is 0.772. The van der Waals surface area contributed by atoms with Crippen LogP contribution in [-0.2, 0) is 17.8 Å². The molecule has 1 N–H and O–H groups in total. The lowest BCUT2D eigenvalue weighted by molar-refractivity contribution is -0.176. The van der Waals surface area contributed by atoms with Gasteiger partial charge in [-0.15, -0.1) is 0 Å². The van der Waals surface area contributed by atoms with Crippen molar-refractivity contribution in [2.45, 2.75) is 50.9 Å². The van der Waals surface area contributed by atoms with E-state index in [9.17, 15) is 0 Å². The van der Waals surface area contributed by atoms with Gasteiger partial charge in [-0.2, -0.15) is 0 Å². The van der Waals surface area contributed by atoms with Gasteiger partial charge in [-0.3, -0.25) is 0 Å². The van der Waals surface area contributed by atoms with Crippen LogP contribution in [0.5, 0.6) is 0 Å². The Morgan fingerprint density at radius 3 is 2.55 bits per heavy atom. The molecular formula is C19H28N2O. The Labute approximate surface area is 134 Å². The number of hydrogen-bond acceptors (Lipinski definition) is 3. The van der Waals surface area contributed by atoms with Crippen LogP contribution in [0.1, 0.15) is 36.8 Å². The van der Waals surface area contributed by atoms with Crippen LogP contribution >= 0.6 is 0 Å². The van der Waals surface area contributed by atoms with Gasteiger partial charge in [-0.1, -0.05) is 30.7 Å². The summed E-state index contributed by atoms with van der Waals surface area (Å²) in [5.41, 5.74) is 3.28. The summed E-state index contributed by atoms with van der Waals surface area (Å²) in [5, 5.41) is 3.87. The van der Waals surface area contributed by atoms with Crippen molar-refractivity contribution in [1.82, 2.24) is 10.2 Å². The summed E-state index contributed by atoms with van der Waals surface area (Å²) in [7, 11) is 4.23. The van der Waals surface area contributed by atoms with Gasteiger partial charge in [0.05, 0.1) is 6.10 Å². The molecule has 3 atom stereocenters. The summed E-state index contributed by atoms with van der Waals surface area (Å²) < 4.78 is 6.00. The zero-order valence-corrected chi connectivity index (χ0v) is 13.8. The van der Waals surface area contributed by atoms with E-state index in [-0.39, 0.29) is 0 Å². The van der Waals surface area contributed by atoms with Crippen molar-refractivity contribution in [3.8, 4) is 0 Å². The van der Waals surface area contributed by atoms with E-state index in [1.54, 1.807) is 0 Å². The molecule has 120 valence electrons. The number of rotatable bonds is 5. The number of benzene rings is 1. The van der Waals surface area contributed by atoms with E-state index in [0.29, 0.717) is 17.6 Å². The first-order chi connectivity index (χ1) is 10.7. The molecule has 3 heteroatoms. The fraction of sp³-hybridized carbons (Fsp3) is 0.684. The van der Waals surface area contributed by atoms with Crippen LogP contribution in [0.3, 0.4) is 0 Å². The first kappa shape index (κ1) is 14.7. The van der Waals surface area contributed by atoms with Gasteiger partial charge in [0.15, 0.2) is 0 Å². The molecule has 2 aliphatic carbocycles. The zero-order chi connectivity index (χ0) is 15.2. The lowest BCUT2D eigenvalue weighted by Crippen LogP contribution is -2.70. The van der Waals surface area contributed by atoms with Crippen molar-refractivity contribution in [2.24, 2.45) is 11.3 Å². The average Bonchev–Trinajstić information content (AvgIpc) is 2.84. The monoisotopic (exact) mass is 300 g/mol. The largest absolute Gasteiger partial charge is 0.377 e. The van der Waals surface area contributed by atoms with Gasteiger partial charge in [0.1, 0.15) is 0 Å². The Bertz CT molecular complexity index is 521. The van der Waals surface area contributed by atoms with Crippen LogP contribution in [0.4, 0.5) is 0 Å². The third kappa shape index (κ3) is 2.31. The quantitative estimate of drug-likeness (QED) is 0.905. The van der Waals surface area contributed by atoms with Gasteiger partial charge >= 0.3 is 0 Å². The van der Waals surface area contributed by atoms with Gasteiger partial charge in [0, 0.05) is 37.1 Å². The van der Waals surface area contributed by atoms with Crippen molar-refractivity contribution in [3.63, 3.8) is 0 Å². The minimum Gasteiger partial charge on any atom is -0.377 e. The molecule has 4 rings (SSSR count). The summed E-state index contributed by atoms with van der Waals surface area (Å²) in [6.45, 7) is 2.99. The number of fused-ring (bicyclic) bond motifs is 2. The Morgan fingerprint density at radius 1 is 1.18 bits per heavy atom. The molecule has 0 unspecified atom stereocenters. The van der Waals surface area contributed by atoms with Crippen LogP contribution in [0, 0.1) is 11.3 Å². The molecule has 1 aliphatic heterocycles. The molecule has 1 aromatic carbocycles. The van der Waals surface area contributed by atoms with E-state index >= 15 is 0 Å². The number of ether oxygens (including phenoxy) is 1. The fourth-order valence-corrected chi connectivity index (χ4v) is 4.92. The Hall–Kier alpha value is -0.900. The van der Waals surface area contributed by atoms with Crippen molar-refractivity contribution in [1.29, 1.82) is 0 Å². The normalized spacial score (nSPS) is 31.9. The van der Waals surface area contributed by atoms with E-state index in [4.69, 9.17) is 4.74 Å². The van der Waals surface area contributed by atoms with Crippen molar-refractivity contribution >= 4 is 0 Å². The number of nitrogens with zero attached hydrogens (tertiary/aromatic N) is 1. The average molecular weight is 300 g/mol. The zero-order valence-electron chi connectivity index (χ0n) is 13.8. The van der Waals surface area contributed by atoms with Gasteiger partial charge in [0.2, 0.25) is 0 Å².